The Morgan fingerprint density at radius 1 is 1.32 bits per heavy atom. The molecule has 0 bridgehead atoms. The highest BCUT2D eigenvalue weighted by atomic mass is 16.3. The van der Waals surface area contributed by atoms with Gasteiger partial charge in [0.2, 0.25) is 5.65 Å². The average molecular weight is 261 g/mol. The molecule has 2 heterocycles. The zero-order valence-corrected chi connectivity index (χ0v) is 11.1. The quantitative estimate of drug-likeness (QED) is 0.876. The predicted molar refractivity (Wildman–Crippen MR) is 72.0 cm³/mol. The number of aliphatic hydroxyl groups is 1. The Bertz CT molecular complexity index is 573. The van der Waals surface area contributed by atoms with Crippen LogP contribution in [0.25, 0.3) is 5.65 Å². The van der Waals surface area contributed by atoms with Gasteiger partial charge in [-0.05, 0) is 19.8 Å². The van der Waals surface area contributed by atoms with Gasteiger partial charge in [-0.3, -0.25) is 4.40 Å². The van der Waals surface area contributed by atoms with Gasteiger partial charge in [0.05, 0.1) is 5.60 Å². The first-order valence-corrected chi connectivity index (χ1v) is 6.81. The van der Waals surface area contributed by atoms with Crippen LogP contribution in [-0.4, -0.2) is 36.8 Å². The summed E-state index contributed by atoms with van der Waals surface area (Å²) in [4.78, 5) is 4.29. The Balaban J connectivity index is 1.78. The third-order valence-corrected chi connectivity index (χ3v) is 3.87. The molecule has 2 aromatic rings. The monoisotopic (exact) mass is 261 g/mol. The van der Waals surface area contributed by atoms with E-state index in [1.165, 1.54) is 6.42 Å². The smallest absolute Gasteiger partial charge is 0.203 e. The zero-order chi connectivity index (χ0) is 13.3. The highest BCUT2D eigenvalue weighted by Gasteiger charge is 2.29. The highest BCUT2D eigenvalue weighted by Crippen LogP contribution is 2.28. The third kappa shape index (κ3) is 2.40. The van der Waals surface area contributed by atoms with Gasteiger partial charge in [-0.15, -0.1) is 10.2 Å². The van der Waals surface area contributed by atoms with E-state index in [-0.39, 0.29) is 0 Å². The summed E-state index contributed by atoms with van der Waals surface area (Å²) < 4.78 is 1.89. The molecule has 6 nitrogen and oxygen atoms in total. The number of aryl methyl sites for hydroxylation is 1. The van der Waals surface area contributed by atoms with Gasteiger partial charge in [0.15, 0.2) is 5.82 Å². The number of hydrogen-bond acceptors (Lipinski definition) is 5. The molecule has 0 atom stereocenters. The first kappa shape index (κ1) is 12.3. The molecule has 0 saturated heterocycles. The molecule has 1 aliphatic carbocycles. The molecule has 0 amide bonds. The van der Waals surface area contributed by atoms with E-state index >= 15 is 0 Å². The summed E-state index contributed by atoms with van der Waals surface area (Å²) in [7, 11) is 0. The van der Waals surface area contributed by atoms with Crippen molar-refractivity contribution in [1.82, 2.24) is 19.6 Å². The van der Waals surface area contributed by atoms with E-state index in [1.807, 2.05) is 17.5 Å². The molecule has 0 aliphatic heterocycles. The SMILES string of the molecule is Cc1nnc2c(NCC3(O)CCCCC3)nccn12. The molecule has 102 valence electrons. The second-order valence-corrected chi connectivity index (χ2v) is 5.36. The van der Waals surface area contributed by atoms with Gasteiger partial charge >= 0.3 is 0 Å². The van der Waals surface area contributed by atoms with Crippen molar-refractivity contribution in [3.05, 3.63) is 18.2 Å². The molecule has 1 aliphatic rings. The number of nitrogens with zero attached hydrogens (tertiary/aromatic N) is 4. The van der Waals surface area contributed by atoms with Crippen molar-refractivity contribution in [2.24, 2.45) is 0 Å². The Hall–Kier alpha value is -1.69. The summed E-state index contributed by atoms with van der Waals surface area (Å²) in [5.74, 6) is 1.51. The van der Waals surface area contributed by atoms with Gasteiger partial charge < -0.3 is 10.4 Å². The summed E-state index contributed by atoms with van der Waals surface area (Å²) in [5, 5.41) is 21.9. The first-order valence-electron chi connectivity index (χ1n) is 6.81. The lowest BCUT2D eigenvalue weighted by Gasteiger charge is -2.32. The zero-order valence-electron chi connectivity index (χ0n) is 11.1. The average Bonchev–Trinajstić information content (AvgIpc) is 2.80. The lowest BCUT2D eigenvalue weighted by Crippen LogP contribution is -2.39. The number of anilines is 1. The molecular formula is C13H19N5O. The summed E-state index contributed by atoms with van der Waals surface area (Å²) in [6.45, 7) is 2.42. The van der Waals surface area contributed by atoms with Crippen LogP contribution >= 0.6 is 0 Å². The summed E-state index contributed by atoms with van der Waals surface area (Å²) >= 11 is 0. The van der Waals surface area contributed by atoms with Crippen molar-refractivity contribution in [3.8, 4) is 0 Å². The normalized spacial score (nSPS) is 18.6. The second kappa shape index (κ2) is 4.77. The fourth-order valence-corrected chi connectivity index (χ4v) is 2.70. The predicted octanol–water partition coefficient (Wildman–Crippen LogP) is 1.54. The summed E-state index contributed by atoms with van der Waals surface area (Å²) in [6.07, 6.45) is 8.69. The van der Waals surface area contributed by atoms with E-state index in [2.05, 4.69) is 20.5 Å². The van der Waals surface area contributed by atoms with Crippen LogP contribution in [0.4, 0.5) is 5.82 Å². The standard InChI is InChI=1S/C13H19N5O/c1-10-16-17-12-11(14-7-8-18(10)12)15-9-13(19)5-3-2-4-6-13/h7-8,19H,2-6,9H2,1H3,(H,14,15). The molecule has 0 aromatic carbocycles. The van der Waals surface area contributed by atoms with Gasteiger partial charge in [0.1, 0.15) is 5.82 Å². The molecule has 0 radical (unpaired) electrons. The van der Waals surface area contributed by atoms with Crippen LogP contribution in [-0.2, 0) is 0 Å². The minimum Gasteiger partial charge on any atom is -0.388 e. The van der Waals surface area contributed by atoms with Gasteiger partial charge in [0, 0.05) is 18.9 Å². The fourth-order valence-electron chi connectivity index (χ4n) is 2.70. The van der Waals surface area contributed by atoms with Crippen LogP contribution in [0.2, 0.25) is 0 Å². The van der Waals surface area contributed by atoms with Crippen molar-refractivity contribution in [2.45, 2.75) is 44.6 Å². The van der Waals surface area contributed by atoms with E-state index in [4.69, 9.17) is 0 Å². The lowest BCUT2D eigenvalue weighted by atomic mass is 9.85. The lowest BCUT2D eigenvalue weighted by molar-refractivity contribution is 0.0167. The van der Waals surface area contributed by atoms with Gasteiger partial charge in [0.25, 0.3) is 0 Å². The minimum absolute atomic E-state index is 0.519. The van der Waals surface area contributed by atoms with Crippen LogP contribution in [0.3, 0.4) is 0 Å². The Morgan fingerprint density at radius 3 is 2.89 bits per heavy atom. The molecule has 2 aromatic heterocycles. The maximum atomic E-state index is 10.5. The largest absolute Gasteiger partial charge is 0.388 e. The van der Waals surface area contributed by atoms with Crippen molar-refractivity contribution in [3.63, 3.8) is 0 Å². The number of fused-ring (bicyclic) bond motifs is 1. The van der Waals surface area contributed by atoms with Crippen molar-refractivity contribution in [1.29, 1.82) is 0 Å². The van der Waals surface area contributed by atoms with Crippen molar-refractivity contribution < 1.29 is 5.11 Å². The summed E-state index contributed by atoms with van der Waals surface area (Å²) in [5.41, 5.74) is 0.0985. The van der Waals surface area contributed by atoms with Gasteiger partial charge in [-0.25, -0.2) is 4.98 Å². The van der Waals surface area contributed by atoms with Crippen LogP contribution < -0.4 is 5.32 Å². The molecule has 2 N–H and O–H groups in total. The molecule has 3 rings (SSSR count). The number of aromatic nitrogens is 4. The topological polar surface area (TPSA) is 75.3 Å². The van der Waals surface area contributed by atoms with E-state index in [1.54, 1.807) is 6.20 Å². The van der Waals surface area contributed by atoms with Gasteiger partial charge in [-0.1, -0.05) is 19.3 Å². The highest BCUT2D eigenvalue weighted by molar-refractivity contribution is 5.62. The molecule has 1 fully saturated rings. The fraction of sp³-hybridized carbons (Fsp3) is 0.615. The molecule has 1 saturated carbocycles. The Morgan fingerprint density at radius 2 is 2.11 bits per heavy atom. The van der Waals surface area contributed by atoms with E-state index < -0.39 is 5.60 Å². The molecule has 0 spiro atoms. The van der Waals surface area contributed by atoms with Crippen molar-refractivity contribution >= 4 is 11.5 Å². The Labute approximate surface area is 111 Å². The van der Waals surface area contributed by atoms with Gasteiger partial charge in [-0.2, -0.15) is 0 Å². The van der Waals surface area contributed by atoms with Crippen molar-refractivity contribution in [2.75, 3.05) is 11.9 Å². The maximum absolute atomic E-state index is 10.5. The van der Waals surface area contributed by atoms with E-state index in [0.717, 1.165) is 31.5 Å². The first-order chi connectivity index (χ1) is 9.18. The molecular weight excluding hydrogens is 242 g/mol. The maximum Gasteiger partial charge on any atom is 0.203 e. The molecule has 6 heteroatoms. The minimum atomic E-state index is -0.609. The van der Waals surface area contributed by atoms with Crippen LogP contribution in [0, 0.1) is 6.92 Å². The Kier molecular flexibility index (Phi) is 3.10. The number of nitrogens with one attached hydrogen (secondary N) is 1. The van der Waals surface area contributed by atoms with Crippen LogP contribution in [0.1, 0.15) is 37.9 Å². The van der Waals surface area contributed by atoms with Crippen LogP contribution in [0.15, 0.2) is 12.4 Å². The third-order valence-electron chi connectivity index (χ3n) is 3.87. The second-order valence-electron chi connectivity index (χ2n) is 5.36. The van der Waals surface area contributed by atoms with E-state index in [9.17, 15) is 5.11 Å². The summed E-state index contributed by atoms with van der Waals surface area (Å²) in [6, 6.07) is 0. The number of hydrogen-bond donors (Lipinski definition) is 2. The molecule has 0 unspecified atom stereocenters. The van der Waals surface area contributed by atoms with Crippen LogP contribution in [0.5, 0.6) is 0 Å². The van der Waals surface area contributed by atoms with E-state index in [0.29, 0.717) is 18.0 Å². The number of rotatable bonds is 3. The molecule has 19 heavy (non-hydrogen) atoms.